The second-order valence-electron chi connectivity index (χ2n) is 6.60. The predicted octanol–water partition coefficient (Wildman–Crippen LogP) is 2.03. The normalized spacial score (nSPS) is 23.9. The average Bonchev–Trinajstić information content (AvgIpc) is 3.35. The van der Waals surface area contributed by atoms with E-state index in [0.717, 1.165) is 56.8 Å². The van der Waals surface area contributed by atoms with E-state index in [-0.39, 0.29) is 0 Å². The summed E-state index contributed by atoms with van der Waals surface area (Å²) < 4.78 is 10.7. The lowest BCUT2D eigenvalue weighted by Crippen LogP contribution is -2.37. The first-order valence-electron chi connectivity index (χ1n) is 8.57. The molecule has 1 saturated carbocycles. The van der Waals surface area contributed by atoms with E-state index in [0.29, 0.717) is 6.04 Å². The number of anilines is 1. The summed E-state index contributed by atoms with van der Waals surface area (Å²) in [6, 6.07) is 0.586. The van der Waals surface area contributed by atoms with E-state index in [4.69, 9.17) is 22.1 Å². The molecule has 1 aromatic heterocycles. The molecule has 2 saturated heterocycles. The molecule has 0 aromatic carbocycles. The third-order valence-electron chi connectivity index (χ3n) is 4.84. The maximum absolute atomic E-state index is 5.75. The van der Waals surface area contributed by atoms with Crippen molar-refractivity contribution in [3.8, 4) is 0 Å². The zero-order valence-electron chi connectivity index (χ0n) is 13.1. The molecule has 0 atom stereocenters. The minimum Gasteiger partial charge on any atom is -0.379 e. The molecule has 6 nitrogen and oxygen atoms in total. The van der Waals surface area contributed by atoms with E-state index in [1.807, 2.05) is 4.68 Å². The van der Waals surface area contributed by atoms with Gasteiger partial charge >= 0.3 is 0 Å². The monoisotopic (exact) mass is 323 g/mol. The fourth-order valence-electron chi connectivity index (χ4n) is 3.39. The van der Waals surface area contributed by atoms with Crippen LogP contribution in [0.2, 0.25) is 0 Å². The number of hydrogen-bond donors (Lipinski definition) is 0. The predicted molar refractivity (Wildman–Crippen MR) is 87.8 cm³/mol. The molecule has 3 fully saturated rings. The van der Waals surface area contributed by atoms with E-state index in [1.54, 1.807) is 0 Å². The van der Waals surface area contributed by atoms with Gasteiger partial charge in [0.05, 0.1) is 19.9 Å². The highest BCUT2D eigenvalue weighted by Gasteiger charge is 2.31. The van der Waals surface area contributed by atoms with Crippen molar-refractivity contribution in [3.05, 3.63) is 4.77 Å². The van der Waals surface area contributed by atoms with Crippen molar-refractivity contribution in [2.75, 3.05) is 44.3 Å². The maximum Gasteiger partial charge on any atom is 0.226 e. The van der Waals surface area contributed by atoms with Crippen LogP contribution in [0.4, 0.5) is 5.95 Å². The van der Waals surface area contributed by atoms with Crippen molar-refractivity contribution in [2.45, 2.75) is 44.8 Å². The first-order chi connectivity index (χ1) is 10.8. The van der Waals surface area contributed by atoms with E-state index >= 15 is 0 Å². The Morgan fingerprint density at radius 2 is 1.77 bits per heavy atom. The van der Waals surface area contributed by atoms with E-state index in [9.17, 15) is 0 Å². The molecule has 0 amide bonds. The van der Waals surface area contributed by atoms with Gasteiger partial charge in [0.25, 0.3) is 0 Å². The topological polar surface area (TPSA) is 38.5 Å². The smallest absolute Gasteiger partial charge is 0.226 e. The number of rotatable bonds is 4. The van der Waals surface area contributed by atoms with Crippen molar-refractivity contribution < 1.29 is 4.74 Å². The molecule has 0 unspecified atom stereocenters. The van der Waals surface area contributed by atoms with Crippen LogP contribution in [0.1, 0.15) is 38.1 Å². The van der Waals surface area contributed by atoms with Crippen LogP contribution in [0.15, 0.2) is 0 Å². The highest BCUT2D eigenvalue weighted by Crippen LogP contribution is 2.38. The lowest BCUT2D eigenvalue weighted by Gasteiger charge is -2.27. The Balaban J connectivity index is 1.59. The first-order valence-corrected chi connectivity index (χ1v) is 8.98. The van der Waals surface area contributed by atoms with Crippen LogP contribution >= 0.6 is 12.2 Å². The third-order valence-corrected chi connectivity index (χ3v) is 5.25. The SMILES string of the molecule is S=c1n(CN2CCOCC2)nc(N2CCCCC2)n1C1CC1. The second-order valence-corrected chi connectivity index (χ2v) is 6.97. The molecule has 122 valence electrons. The molecule has 0 bridgehead atoms. The van der Waals surface area contributed by atoms with Gasteiger partial charge in [0, 0.05) is 32.2 Å². The summed E-state index contributed by atoms with van der Waals surface area (Å²) in [4.78, 5) is 4.82. The zero-order chi connectivity index (χ0) is 14.9. The minimum atomic E-state index is 0.586. The van der Waals surface area contributed by atoms with Crippen LogP contribution in [-0.2, 0) is 11.4 Å². The van der Waals surface area contributed by atoms with Gasteiger partial charge in [-0.1, -0.05) is 0 Å². The molecule has 1 aromatic rings. The summed E-state index contributed by atoms with van der Waals surface area (Å²) in [5.41, 5.74) is 0. The Kier molecular flexibility index (Phi) is 4.19. The molecule has 3 aliphatic rings. The standard InChI is InChI=1S/C15H25N5OS/c22-15-19(12-17-8-10-21-11-9-17)16-14(20(15)13-4-5-13)18-6-2-1-3-7-18/h13H,1-12H2. The fourth-order valence-corrected chi connectivity index (χ4v) is 3.72. The van der Waals surface area contributed by atoms with Crippen LogP contribution in [0, 0.1) is 4.77 Å². The van der Waals surface area contributed by atoms with Crippen molar-refractivity contribution in [1.82, 2.24) is 19.2 Å². The van der Waals surface area contributed by atoms with Crippen LogP contribution in [0.3, 0.4) is 0 Å². The Labute approximate surface area is 136 Å². The first kappa shape index (κ1) is 14.7. The number of morpholine rings is 1. The third kappa shape index (κ3) is 2.94. The summed E-state index contributed by atoms with van der Waals surface area (Å²) in [6.07, 6.45) is 6.38. The van der Waals surface area contributed by atoms with Crippen LogP contribution in [-0.4, -0.2) is 58.6 Å². The van der Waals surface area contributed by atoms with Crippen LogP contribution in [0.25, 0.3) is 0 Å². The Morgan fingerprint density at radius 3 is 2.45 bits per heavy atom. The molecular formula is C15H25N5OS. The molecule has 22 heavy (non-hydrogen) atoms. The van der Waals surface area contributed by atoms with Gasteiger partial charge in [0.15, 0.2) is 0 Å². The molecular weight excluding hydrogens is 298 g/mol. The largest absolute Gasteiger partial charge is 0.379 e. The molecule has 2 aliphatic heterocycles. The summed E-state index contributed by atoms with van der Waals surface area (Å²) in [5, 5.41) is 4.91. The van der Waals surface area contributed by atoms with Crippen molar-refractivity contribution in [3.63, 3.8) is 0 Å². The number of hydrogen-bond acceptors (Lipinski definition) is 5. The molecule has 1 aliphatic carbocycles. The Hall–Kier alpha value is -0.920. The molecule has 4 rings (SSSR count). The van der Waals surface area contributed by atoms with Crippen LogP contribution in [0.5, 0.6) is 0 Å². The second kappa shape index (κ2) is 6.29. The van der Waals surface area contributed by atoms with E-state index in [2.05, 4.69) is 14.4 Å². The van der Waals surface area contributed by atoms with Crippen molar-refractivity contribution in [1.29, 1.82) is 0 Å². The number of piperidine rings is 1. The highest BCUT2D eigenvalue weighted by molar-refractivity contribution is 7.71. The fraction of sp³-hybridized carbons (Fsp3) is 0.867. The molecule has 0 spiro atoms. The zero-order valence-corrected chi connectivity index (χ0v) is 13.9. The molecule has 3 heterocycles. The average molecular weight is 323 g/mol. The number of nitrogens with zero attached hydrogens (tertiary/aromatic N) is 5. The van der Waals surface area contributed by atoms with Gasteiger partial charge in [-0.05, 0) is 44.3 Å². The Morgan fingerprint density at radius 1 is 1.05 bits per heavy atom. The quantitative estimate of drug-likeness (QED) is 0.793. The van der Waals surface area contributed by atoms with Gasteiger partial charge in [-0.15, -0.1) is 5.10 Å². The number of aromatic nitrogens is 3. The molecule has 0 N–H and O–H groups in total. The summed E-state index contributed by atoms with van der Waals surface area (Å²) in [7, 11) is 0. The lowest BCUT2D eigenvalue weighted by atomic mass is 10.1. The lowest BCUT2D eigenvalue weighted by molar-refractivity contribution is 0.0209. The highest BCUT2D eigenvalue weighted by atomic mass is 32.1. The minimum absolute atomic E-state index is 0.586. The molecule has 7 heteroatoms. The van der Waals surface area contributed by atoms with Gasteiger partial charge in [0.2, 0.25) is 10.7 Å². The molecule has 0 radical (unpaired) electrons. The van der Waals surface area contributed by atoms with E-state index < -0.39 is 0 Å². The Bertz CT molecular complexity index is 567. The van der Waals surface area contributed by atoms with Gasteiger partial charge in [0.1, 0.15) is 0 Å². The summed E-state index contributed by atoms with van der Waals surface area (Å²) in [6.45, 7) is 6.61. The number of ether oxygens (including phenoxy) is 1. The van der Waals surface area contributed by atoms with Gasteiger partial charge in [-0.25, -0.2) is 4.68 Å². The summed E-state index contributed by atoms with van der Waals surface area (Å²) in [5.74, 6) is 1.11. The van der Waals surface area contributed by atoms with Gasteiger partial charge < -0.3 is 9.64 Å². The van der Waals surface area contributed by atoms with Crippen molar-refractivity contribution in [2.24, 2.45) is 0 Å². The summed E-state index contributed by atoms with van der Waals surface area (Å²) >= 11 is 5.75. The van der Waals surface area contributed by atoms with Gasteiger partial charge in [-0.3, -0.25) is 9.47 Å². The maximum atomic E-state index is 5.75. The van der Waals surface area contributed by atoms with Crippen LogP contribution < -0.4 is 4.90 Å². The van der Waals surface area contributed by atoms with Crippen molar-refractivity contribution >= 4 is 18.2 Å². The van der Waals surface area contributed by atoms with Gasteiger partial charge in [-0.2, -0.15) is 0 Å². The van der Waals surface area contributed by atoms with E-state index in [1.165, 1.54) is 32.1 Å².